The lowest BCUT2D eigenvalue weighted by Crippen LogP contribution is -2.49. The molecule has 52 heavy (non-hydrogen) atoms. The van der Waals surface area contributed by atoms with E-state index in [1.165, 1.54) is 6.92 Å². The number of nitrogens with one attached hydrogen (secondary N) is 2. The normalized spacial score (nSPS) is 18.6. The van der Waals surface area contributed by atoms with Crippen molar-refractivity contribution in [1.29, 1.82) is 0 Å². The first-order chi connectivity index (χ1) is 25.0. The van der Waals surface area contributed by atoms with Crippen molar-refractivity contribution in [3.8, 4) is 5.75 Å². The van der Waals surface area contributed by atoms with Gasteiger partial charge in [0.1, 0.15) is 24.0 Å². The first-order valence-corrected chi connectivity index (χ1v) is 18.2. The van der Waals surface area contributed by atoms with Gasteiger partial charge in [-0.25, -0.2) is 4.79 Å². The van der Waals surface area contributed by atoms with Crippen LogP contribution in [-0.2, 0) is 36.8 Å². The van der Waals surface area contributed by atoms with E-state index in [0.717, 1.165) is 24.0 Å². The minimum Gasteiger partial charge on any atom is -0.497 e. The second-order valence-electron chi connectivity index (χ2n) is 13.7. The van der Waals surface area contributed by atoms with Gasteiger partial charge in [-0.3, -0.25) is 24.1 Å². The maximum Gasteiger partial charge on any atom is 0.326 e. The summed E-state index contributed by atoms with van der Waals surface area (Å²) in [4.78, 5) is 69.0. The molecule has 2 fully saturated rings. The standard InChI is InChI=1S/C40H47ClN4O7/c1-4-7-35(47)45-34(25-28-10-18-32(52-3)19-11-28)37(48)44(36(45)29-12-14-30(41)15-13-29)31-16-8-27(9-17-31)24-33(38(49)50)43-39(51)40(20-5-6-21-40)22-23-42-26(2)46/h8-19,33-34,36H,4-7,20-25H2,1-3H3,(H,42,46)(H,43,51)(H,49,50). The summed E-state index contributed by atoms with van der Waals surface area (Å²) in [6.45, 7) is 3.69. The lowest BCUT2D eigenvalue weighted by Gasteiger charge is -2.32. The number of methoxy groups -OCH3 is 1. The Balaban J connectivity index is 1.42. The van der Waals surface area contributed by atoms with E-state index in [1.807, 2.05) is 43.3 Å². The van der Waals surface area contributed by atoms with Crippen molar-refractivity contribution in [3.05, 3.63) is 94.5 Å². The third-order valence-corrected chi connectivity index (χ3v) is 10.4. The van der Waals surface area contributed by atoms with Crippen molar-refractivity contribution in [2.75, 3.05) is 18.6 Å². The Kier molecular flexibility index (Phi) is 12.6. The molecule has 5 rings (SSSR count). The lowest BCUT2D eigenvalue weighted by atomic mass is 9.81. The summed E-state index contributed by atoms with van der Waals surface area (Å²) in [5.41, 5.74) is 2.06. The van der Waals surface area contributed by atoms with Gasteiger partial charge in [0.05, 0.1) is 12.5 Å². The fourth-order valence-corrected chi connectivity index (χ4v) is 7.52. The number of aliphatic carboxylic acids is 1. The fourth-order valence-electron chi connectivity index (χ4n) is 7.39. The SMILES string of the molecule is CCCC(=O)N1C(Cc2ccc(OC)cc2)C(=O)N(c2ccc(CC(NC(=O)C3(CCNC(C)=O)CCCC3)C(=O)O)cc2)C1c1ccc(Cl)cc1. The van der Waals surface area contributed by atoms with Crippen molar-refractivity contribution in [2.24, 2.45) is 5.41 Å². The Hall–Kier alpha value is -4.90. The largest absolute Gasteiger partial charge is 0.497 e. The second-order valence-corrected chi connectivity index (χ2v) is 14.1. The summed E-state index contributed by atoms with van der Waals surface area (Å²) >= 11 is 6.25. The predicted molar refractivity (Wildman–Crippen MR) is 198 cm³/mol. The number of halogens is 1. The molecule has 0 aromatic heterocycles. The van der Waals surface area contributed by atoms with Gasteiger partial charge >= 0.3 is 5.97 Å². The first-order valence-electron chi connectivity index (χ1n) is 17.9. The Bertz CT molecular complexity index is 1740. The third kappa shape index (κ3) is 8.75. The molecule has 12 heteroatoms. The molecule has 1 aliphatic carbocycles. The van der Waals surface area contributed by atoms with Crippen LogP contribution in [-0.4, -0.2) is 65.3 Å². The van der Waals surface area contributed by atoms with E-state index in [1.54, 1.807) is 53.3 Å². The highest BCUT2D eigenvalue weighted by atomic mass is 35.5. The van der Waals surface area contributed by atoms with E-state index in [4.69, 9.17) is 16.3 Å². The molecule has 3 unspecified atom stereocenters. The van der Waals surface area contributed by atoms with E-state index < -0.39 is 29.6 Å². The van der Waals surface area contributed by atoms with Gasteiger partial charge in [-0.1, -0.05) is 67.8 Å². The average molecular weight is 731 g/mol. The monoisotopic (exact) mass is 730 g/mol. The number of carboxylic acid groups (broad SMARTS) is 1. The van der Waals surface area contributed by atoms with E-state index in [0.29, 0.717) is 60.7 Å². The number of carbonyl (C=O) groups is 5. The summed E-state index contributed by atoms with van der Waals surface area (Å²) in [7, 11) is 1.59. The molecular formula is C40H47ClN4O7. The number of nitrogens with zero attached hydrogens (tertiary/aromatic N) is 2. The van der Waals surface area contributed by atoms with Crippen LogP contribution in [0.3, 0.4) is 0 Å². The molecular weight excluding hydrogens is 684 g/mol. The molecule has 2 aliphatic rings. The van der Waals surface area contributed by atoms with Crippen molar-refractivity contribution >= 4 is 46.9 Å². The Morgan fingerprint density at radius 3 is 2.17 bits per heavy atom. The molecule has 1 aliphatic heterocycles. The summed E-state index contributed by atoms with van der Waals surface area (Å²) in [5.74, 6) is -1.35. The topological polar surface area (TPSA) is 145 Å². The number of hydrogen-bond donors (Lipinski definition) is 3. The van der Waals surface area contributed by atoms with Crippen LogP contribution in [0.15, 0.2) is 72.8 Å². The van der Waals surface area contributed by atoms with Gasteiger partial charge < -0.3 is 25.4 Å². The number of carbonyl (C=O) groups excluding carboxylic acids is 4. The van der Waals surface area contributed by atoms with Crippen LogP contribution < -0.4 is 20.3 Å². The molecule has 276 valence electrons. The number of hydrogen-bond acceptors (Lipinski definition) is 6. The minimum absolute atomic E-state index is 0.0267. The third-order valence-electron chi connectivity index (χ3n) is 10.2. The highest BCUT2D eigenvalue weighted by Crippen LogP contribution is 2.42. The molecule has 3 aromatic rings. The zero-order chi connectivity index (χ0) is 37.4. The number of carboxylic acids is 1. The lowest BCUT2D eigenvalue weighted by molar-refractivity contribution is -0.144. The molecule has 1 heterocycles. The molecule has 1 saturated carbocycles. The molecule has 11 nitrogen and oxygen atoms in total. The van der Waals surface area contributed by atoms with Crippen LogP contribution in [0.2, 0.25) is 5.02 Å². The van der Waals surface area contributed by atoms with Crippen LogP contribution >= 0.6 is 11.6 Å². The number of amides is 4. The predicted octanol–water partition coefficient (Wildman–Crippen LogP) is 5.83. The second kappa shape index (κ2) is 17.1. The van der Waals surface area contributed by atoms with Gasteiger partial charge in [0.15, 0.2) is 0 Å². The summed E-state index contributed by atoms with van der Waals surface area (Å²) < 4.78 is 5.31. The van der Waals surface area contributed by atoms with Crippen LogP contribution in [0.5, 0.6) is 5.75 Å². The Morgan fingerprint density at radius 1 is 0.962 bits per heavy atom. The number of anilines is 1. The zero-order valence-corrected chi connectivity index (χ0v) is 30.7. The molecule has 3 aromatic carbocycles. The van der Waals surface area contributed by atoms with Crippen LogP contribution in [0.1, 0.15) is 81.6 Å². The van der Waals surface area contributed by atoms with Gasteiger partial charge in [0.2, 0.25) is 17.7 Å². The summed E-state index contributed by atoms with van der Waals surface area (Å²) in [6, 6.07) is 19.6. The molecule has 1 saturated heterocycles. The van der Waals surface area contributed by atoms with Crippen LogP contribution in [0.25, 0.3) is 0 Å². The van der Waals surface area contributed by atoms with Gasteiger partial charge in [0.25, 0.3) is 5.91 Å². The molecule has 3 N–H and O–H groups in total. The van der Waals surface area contributed by atoms with E-state index in [2.05, 4.69) is 10.6 Å². The molecule has 0 bridgehead atoms. The average Bonchev–Trinajstić information content (AvgIpc) is 3.72. The Labute approximate surface area is 309 Å². The van der Waals surface area contributed by atoms with E-state index >= 15 is 0 Å². The molecule has 0 spiro atoms. The van der Waals surface area contributed by atoms with E-state index in [9.17, 15) is 29.1 Å². The highest BCUT2D eigenvalue weighted by Gasteiger charge is 2.49. The maximum atomic E-state index is 14.5. The Morgan fingerprint density at radius 2 is 1.60 bits per heavy atom. The number of benzene rings is 3. The van der Waals surface area contributed by atoms with Gasteiger partial charge in [-0.05, 0) is 78.8 Å². The van der Waals surface area contributed by atoms with Crippen molar-refractivity contribution in [3.63, 3.8) is 0 Å². The van der Waals surface area contributed by atoms with Crippen molar-refractivity contribution in [1.82, 2.24) is 15.5 Å². The summed E-state index contributed by atoms with van der Waals surface area (Å²) in [6.07, 6.45) is 3.88. The van der Waals surface area contributed by atoms with Gasteiger partial charge in [-0.15, -0.1) is 0 Å². The zero-order valence-electron chi connectivity index (χ0n) is 29.9. The van der Waals surface area contributed by atoms with Crippen molar-refractivity contribution < 1.29 is 33.8 Å². The smallest absolute Gasteiger partial charge is 0.326 e. The van der Waals surface area contributed by atoms with Crippen LogP contribution in [0.4, 0.5) is 5.69 Å². The molecule has 3 atom stereocenters. The van der Waals surface area contributed by atoms with Gasteiger partial charge in [-0.2, -0.15) is 0 Å². The molecule has 0 radical (unpaired) electrons. The molecule has 4 amide bonds. The van der Waals surface area contributed by atoms with Gasteiger partial charge in [0, 0.05) is 43.4 Å². The van der Waals surface area contributed by atoms with Crippen molar-refractivity contribution in [2.45, 2.75) is 89.9 Å². The van der Waals surface area contributed by atoms with E-state index in [-0.39, 0.29) is 36.5 Å². The maximum absolute atomic E-state index is 14.5. The minimum atomic E-state index is -1.18. The summed E-state index contributed by atoms with van der Waals surface area (Å²) in [5, 5.41) is 16.2. The number of rotatable bonds is 15. The highest BCUT2D eigenvalue weighted by molar-refractivity contribution is 6.30. The quantitative estimate of drug-likeness (QED) is 0.178. The number of ether oxygens (including phenoxy) is 1. The fraction of sp³-hybridized carbons (Fsp3) is 0.425. The first kappa shape index (κ1) is 38.3. The van der Waals surface area contributed by atoms with Crippen LogP contribution in [0, 0.1) is 5.41 Å².